The van der Waals surface area contributed by atoms with Gasteiger partial charge in [-0.25, -0.2) is 4.79 Å². The van der Waals surface area contributed by atoms with Crippen LogP contribution in [0.1, 0.15) is 64.7 Å². The average Bonchev–Trinajstić information content (AvgIpc) is 2.98. The molecule has 36 heavy (non-hydrogen) atoms. The van der Waals surface area contributed by atoms with Gasteiger partial charge in [0.2, 0.25) is 0 Å². The normalized spacial score (nSPS) is 23.4. The molecule has 4 aliphatic rings. The molecule has 0 aromatic rings. The fourth-order valence-corrected chi connectivity index (χ4v) is 5.24. The first-order chi connectivity index (χ1) is 17.4. The van der Waals surface area contributed by atoms with E-state index in [0.29, 0.717) is 42.8 Å². The molecular formula is C28H36N4O4. The second kappa shape index (κ2) is 12.1. The lowest BCUT2D eigenvalue weighted by Gasteiger charge is -2.33. The minimum Gasteiger partial charge on any atom is -0.481 e. The molecule has 2 aliphatic carbocycles. The number of rotatable bonds is 11. The first kappa shape index (κ1) is 25.8. The third-order valence-electron chi connectivity index (χ3n) is 7.21. The topological polar surface area (TPSA) is 111 Å². The predicted molar refractivity (Wildman–Crippen MR) is 139 cm³/mol. The van der Waals surface area contributed by atoms with Crippen LogP contribution in [0, 0.1) is 5.92 Å². The fourth-order valence-electron chi connectivity index (χ4n) is 5.24. The zero-order valence-electron chi connectivity index (χ0n) is 21.0. The summed E-state index contributed by atoms with van der Waals surface area (Å²) in [5, 5.41) is 14.8. The van der Waals surface area contributed by atoms with Gasteiger partial charge in [0.25, 0.3) is 5.91 Å². The van der Waals surface area contributed by atoms with Crippen molar-refractivity contribution in [3.05, 3.63) is 58.9 Å². The van der Waals surface area contributed by atoms with E-state index in [4.69, 9.17) is 5.11 Å². The second-order valence-electron chi connectivity index (χ2n) is 9.90. The highest BCUT2D eigenvalue weighted by atomic mass is 16.4. The Morgan fingerprint density at radius 2 is 2.06 bits per heavy atom. The van der Waals surface area contributed by atoms with Gasteiger partial charge >= 0.3 is 12.0 Å². The molecule has 3 N–H and O–H groups in total. The highest BCUT2D eigenvalue weighted by molar-refractivity contribution is 6.29. The number of allylic oxidation sites excluding steroid dienone is 5. The predicted octanol–water partition coefficient (Wildman–Crippen LogP) is 4.39. The number of imide groups is 1. The molecule has 0 fully saturated rings. The van der Waals surface area contributed by atoms with Crippen LogP contribution in [0.3, 0.4) is 0 Å². The summed E-state index contributed by atoms with van der Waals surface area (Å²) >= 11 is 0. The van der Waals surface area contributed by atoms with Crippen molar-refractivity contribution in [3.63, 3.8) is 0 Å². The number of aliphatic imine (C=N–C) groups is 1. The molecule has 3 amide bonds. The summed E-state index contributed by atoms with van der Waals surface area (Å²) in [6.07, 6.45) is 19.5. The number of carboxylic acids is 1. The van der Waals surface area contributed by atoms with Gasteiger partial charge in [-0.15, -0.1) is 0 Å². The molecule has 8 nitrogen and oxygen atoms in total. The number of carbonyl (C=O) groups is 3. The molecule has 4 rings (SSSR count). The number of carbonyl (C=O) groups excluding carboxylic acids is 2. The number of unbranched alkanes of at least 4 members (excludes halogenated alkanes) is 3. The first-order valence-corrected chi connectivity index (χ1v) is 13.1. The highest BCUT2D eigenvalue weighted by Gasteiger charge is 2.34. The maximum atomic E-state index is 12.6. The minimum absolute atomic E-state index is 0.179. The number of carboxylic acid groups (broad SMARTS) is 1. The lowest BCUT2D eigenvalue weighted by molar-refractivity contribution is -0.137. The number of aliphatic carboxylic acids is 1. The number of hydrogen-bond donors (Lipinski definition) is 3. The summed E-state index contributed by atoms with van der Waals surface area (Å²) in [7, 11) is 0. The van der Waals surface area contributed by atoms with Crippen LogP contribution in [-0.2, 0) is 9.59 Å². The van der Waals surface area contributed by atoms with E-state index in [0.717, 1.165) is 50.8 Å². The van der Waals surface area contributed by atoms with Crippen LogP contribution in [0.2, 0.25) is 0 Å². The zero-order chi connectivity index (χ0) is 25.5. The number of fused-ring (bicyclic) bond motifs is 1. The van der Waals surface area contributed by atoms with Crippen LogP contribution in [0.5, 0.6) is 0 Å². The van der Waals surface area contributed by atoms with Crippen LogP contribution in [0.4, 0.5) is 4.79 Å². The molecule has 8 heteroatoms. The number of urea groups is 1. The van der Waals surface area contributed by atoms with E-state index in [1.165, 1.54) is 11.1 Å². The Bertz CT molecular complexity index is 1080. The largest absolute Gasteiger partial charge is 0.481 e. The van der Waals surface area contributed by atoms with Crippen LogP contribution in [0.25, 0.3) is 0 Å². The fraction of sp³-hybridized carbons (Fsp3) is 0.500. The van der Waals surface area contributed by atoms with Gasteiger partial charge in [-0.05, 0) is 62.6 Å². The smallest absolute Gasteiger partial charge is 0.349 e. The van der Waals surface area contributed by atoms with Gasteiger partial charge in [-0.1, -0.05) is 55.7 Å². The van der Waals surface area contributed by atoms with E-state index in [9.17, 15) is 14.4 Å². The first-order valence-electron chi connectivity index (χ1n) is 13.1. The Labute approximate surface area is 212 Å². The van der Waals surface area contributed by atoms with Gasteiger partial charge < -0.3 is 15.3 Å². The van der Waals surface area contributed by atoms with E-state index in [-0.39, 0.29) is 6.42 Å². The van der Waals surface area contributed by atoms with Crippen molar-refractivity contribution in [1.29, 1.82) is 0 Å². The number of nitrogens with zero attached hydrogens (tertiary/aromatic N) is 2. The SMILES string of the molecule is CC1CC2=C(C=C1CCNC1C=CC=CC1)N(CCCCCCC(=O)O)C1=NC(=O)NC(=O)C1=CC2. The zero-order valence-corrected chi connectivity index (χ0v) is 21.0. The summed E-state index contributed by atoms with van der Waals surface area (Å²) in [5.74, 6) is -0.331. The van der Waals surface area contributed by atoms with Gasteiger partial charge in [0, 0.05) is 24.7 Å². The molecule has 0 saturated carbocycles. The number of amidine groups is 1. The van der Waals surface area contributed by atoms with Gasteiger partial charge in [-0.3, -0.25) is 14.9 Å². The molecule has 2 unspecified atom stereocenters. The van der Waals surface area contributed by atoms with E-state index < -0.39 is 17.9 Å². The molecule has 0 saturated heterocycles. The van der Waals surface area contributed by atoms with Gasteiger partial charge in [0.15, 0.2) is 5.84 Å². The van der Waals surface area contributed by atoms with Crippen molar-refractivity contribution >= 4 is 23.7 Å². The van der Waals surface area contributed by atoms with E-state index in [1.54, 1.807) is 0 Å². The lowest BCUT2D eigenvalue weighted by Crippen LogP contribution is -2.44. The van der Waals surface area contributed by atoms with Crippen molar-refractivity contribution in [2.24, 2.45) is 10.9 Å². The Balaban J connectivity index is 1.50. The third-order valence-corrected chi connectivity index (χ3v) is 7.21. The maximum Gasteiger partial charge on any atom is 0.349 e. The summed E-state index contributed by atoms with van der Waals surface area (Å²) in [5.41, 5.74) is 4.13. The van der Waals surface area contributed by atoms with Gasteiger partial charge in [0.05, 0.1) is 5.57 Å². The van der Waals surface area contributed by atoms with Crippen molar-refractivity contribution in [2.45, 2.75) is 70.8 Å². The molecule has 2 aliphatic heterocycles. The average molecular weight is 493 g/mol. The van der Waals surface area contributed by atoms with E-state index >= 15 is 0 Å². The second-order valence-corrected chi connectivity index (χ2v) is 9.90. The third kappa shape index (κ3) is 6.49. The summed E-state index contributed by atoms with van der Waals surface area (Å²) in [6, 6.07) is -0.262. The monoisotopic (exact) mass is 492 g/mol. The molecule has 2 heterocycles. The van der Waals surface area contributed by atoms with Crippen molar-refractivity contribution in [1.82, 2.24) is 15.5 Å². The molecule has 192 valence electrons. The summed E-state index contributed by atoms with van der Waals surface area (Å²) in [6.45, 7) is 3.76. The lowest BCUT2D eigenvalue weighted by atomic mass is 9.84. The van der Waals surface area contributed by atoms with Crippen molar-refractivity contribution in [3.8, 4) is 0 Å². The Morgan fingerprint density at radius 1 is 1.22 bits per heavy atom. The Hall–Kier alpha value is -3.26. The molecule has 0 aromatic heterocycles. The number of amides is 3. The molecule has 0 bridgehead atoms. The Kier molecular flexibility index (Phi) is 8.70. The molecule has 0 radical (unpaired) electrons. The van der Waals surface area contributed by atoms with E-state index in [1.807, 2.05) is 6.08 Å². The highest BCUT2D eigenvalue weighted by Crippen LogP contribution is 2.37. The van der Waals surface area contributed by atoms with Crippen molar-refractivity contribution < 1.29 is 19.5 Å². The van der Waals surface area contributed by atoms with Crippen molar-refractivity contribution in [2.75, 3.05) is 13.1 Å². The van der Waals surface area contributed by atoms with Crippen LogP contribution >= 0.6 is 0 Å². The molecule has 0 spiro atoms. The van der Waals surface area contributed by atoms with Gasteiger partial charge in [0.1, 0.15) is 0 Å². The summed E-state index contributed by atoms with van der Waals surface area (Å²) in [4.78, 5) is 41.9. The Morgan fingerprint density at radius 3 is 2.83 bits per heavy atom. The minimum atomic E-state index is -0.771. The quantitative estimate of drug-likeness (QED) is 0.369. The van der Waals surface area contributed by atoms with E-state index in [2.05, 4.69) is 57.8 Å². The maximum absolute atomic E-state index is 12.6. The summed E-state index contributed by atoms with van der Waals surface area (Å²) < 4.78 is 0. The molecule has 2 atom stereocenters. The van der Waals surface area contributed by atoms with Crippen LogP contribution in [-0.4, -0.2) is 52.9 Å². The van der Waals surface area contributed by atoms with Crippen LogP contribution in [0.15, 0.2) is 63.9 Å². The number of hydrogen-bond acceptors (Lipinski definition) is 5. The van der Waals surface area contributed by atoms with Gasteiger partial charge in [-0.2, -0.15) is 4.99 Å². The molecular weight excluding hydrogens is 456 g/mol. The standard InChI is InChI=1S/C28H36N4O4/c1-19-17-21-12-13-23-26(30-28(36)31-27(23)35)32(16-8-3-2-7-11-25(33)34)24(21)18-20(19)14-15-29-22-9-5-4-6-10-22/h4-6,9,13,18-19,22,29H,2-3,7-8,10-12,14-17H2,1H3,(H,33,34)(H,31,35,36). The number of nitrogens with one attached hydrogen (secondary N) is 2. The van der Waals surface area contributed by atoms with Crippen LogP contribution < -0.4 is 10.6 Å². The molecule has 0 aromatic carbocycles.